The van der Waals surface area contributed by atoms with Crippen molar-refractivity contribution in [1.29, 1.82) is 5.26 Å². The summed E-state index contributed by atoms with van der Waals surface area (Å²) in [5.41, 5.74) is 11.8. The van der Waals surface area contributed by atoms with Crippen LogP contribution in [-0.2, 0) is 16.1 Å². The standard InChI is InChI=1S/C25H33N3O3/c1-16-12-19(13-17(2)22(16)24(29)31-25(4,5)6)15-30-11-7-10-28-21-9-8-20(14-26)18(3)23(21)27/h8-9,12-13,28H,7,10-11,15,27H2,1-6H3. The van der Waals surface area contributed by atoms with Gasteiger partial charge in [0.05, 0.1) is 35.2 Å². The van der Waals surface area contributed by atoms with Gasteiger partial charge in [0.25, 0.3) is 0 Å². The van der Waals surface area contributed by atoms with Crippen molar-refractivity contribution in [2.75, 3.05) is 24.2 Å². The highest BCUT2D eigenvalue weighted by molar-refractivity contribution is 5.93. The number of nitrogens with one attached hydrogen (secondary N) is 1. The maximum absolute atomic E-state index is 12.5. The fourth-order valence-corrected chi connectivity index (χ4v) is 3.38. The van der Waals surface area contributed by atoms with E-state index in [9.17, 15) is 4.79 Å². The number of anilines is 2. The Hall–Kier alpha value is -3.04. The van der Waals surface area contributed by atoms with E-state index in [1.54, 1.807) is 6.07 Å². The molecule has 0 saturated carbocycles. The number of nitrogens with zero attached hydrogens (tertiary/aromatic N) is 1. The number of hydrogen-bond donors (Lipinski definition) is 2. The highest BCUT2D eigenvalue weighted by Gasteiger charge is 2.21. The molecule has 0 atom stereocenters. The van der Waals surface area contributed by atoms with E-state index in [0.29, 0.717) is 36.6 Å². The number of aryl methyl sites for hydroxylation is 2. The average Bonchev–Trinajstić information content (AvgIpc) is 2.65. The first-order chi connectivity index (χ1) is 14.5. The number of carbonyl (C=O) groups excluding carboxylic acids is 1. The smallest absolute Gasteiger partial charge is 0.339 e. The second-order valence-electron chi connectivity index (χ2n) is 8.75. The number of nitriles is 1. The molecule has 31 heavy (non-hydrogen) atoms. The van der Waals surface area contributed by atoms with Gasteiger partial charge in [-0.3, -0.25) is 0 Å². The summed E-state index contributed by atoms with van der Waals surface area (Å²) < 4.78 is 11.3. The Bertz CT molecular complexity index is 962. The van der Waals surface area contributed by atoms with Crippen molar-refractivity contribution in [3.63, 3.8) is 0 Å². The van der Waals surface area contributed by atoms with Gasteiger partial charge in [-0.1, -0.05) is 12.1 Å². The zero-order chi connectivity index (χ0) is 23.2. The summed E-state index contributed by atoms with van der Waals surface area (Å²) in [6, 6.07) is 9.70. The molecule has 6 nitrogen and oxygen atoms in total. The van der Waals surface area contributed by atoms with Gasteiger partial charge in [0.1, 0.15) is 5.60 Å². The molecule has 3 N–H and O–H groups in total. The van der Waals surface area contributed by atoms with Crippen LogP contribution < -0.4 is 11.1 Å². The van der Waals surface area contributed by atoms with Crippen LogP contribution in [0.25, 0.3) is 0 Å². The van der Waals surface area contributed by atoms with Crippen molar-refractivity contribution < 1.29 is 14.3 Å². The molecular formula is C25H33N3O3. The number of hydrogen-bond acceptors (Lipinski definition) is 6. The molecule has 0 amide bonds. The first-order valence-electron chi connectivity index (χ1n) is 10.5. The van der Waals surface area contributed by atoms with Crippen LogP contribution >= 0.6 is 0 Å². The second-order valence-corrected chi connectivity index (χ2v) is 8.75. The third kappa shape index (κ3) is 6.73. The van der Waals surface area contributed by atoms with Crippen LogP contribution in [0.2, 0.25) is 0 Å². The predicted molar refractivity (Wildman–Crippen MR) is 124 cm³/mol. The topological polar surface area (TPSA) is 97.4 Å². The summed E-state index contributed by atoms with van der Waals surface area (Å²) in [5.74, 6) is -0.293. The Morgan fingerprint density at radius 2 is 1.81 bits per heavy atom. The van der Waals surface area contributed by atoms with Gasteiger partial charge < -0.3 is 20.5 Å². The Balaban J connectivity index is 1.84. The highest BCUT2D eigenvalue weighted by Crippen LogP contribution is 2.25. The van der Waals surface area contributed by atoms with Gasteiger partial charge in [-0.05, 0) is 82.3 Å². The van der Waals surface area contributed by atoms with Gasteiger partial charge in [-0.2, -0.15) is 5.26 Å². The van der Waals surface area contributed by atoms with Crippen molar-refractivity contribution >= 4 is 17.3 Å². The van der Waals surface area contributed by atoms with Gasteiger partial charge >= 0.3 is 5.97 Å². The molecule has 0 radical (unpaired) electrons. The minimum atomic E-state index is -0.521. The van der Waals surface area contributed by atoms with Gasteiger partial charge in [0.15, 0.2) is 0 Å². The lowest BCUT2D eigenvalue weighted by Gasteiger charge is -2.21. The maximum Gasteiger partial charge on any atom is 0.339 e. The number of nitrogens with two attached hydrogens (primary N) is 1. The molecule has 0 aromatic heterocycles. The van der Waals surface area contributed by atoms with E-state index < -0.39 is 5.60 Å². The first-order valence-corrected chi connectivity index (χ1v) is 10.5. The zero-order valence-corrected chi connectivity index (χ0v) is 19.4. The minimum Gasteiger partial charge on any atom is -0.456 e. The highest BCUT2D eigenvalue weighted by atomic mass is 16.6. The lowest BCUT2D eigenvalue weighted by Crippen LogP contribution is -2.25. The normalized spacial score (nSPS) is 11.1. The van der Waals surface area contributed by atoms with Crippen LogP contribution in [0.4, 0.5) is 11.4 Å². The molecule has 0 aliphatic rings. The maximum atomic E-state index is 12.5. The van der Waals surface area contributed by atoms with Gasteiger partial charge in [-0.15, -0.1) is 0 Å². The fraction of sp³-hybridized carbons (Fsp3) is 0.440. The van der Waals surface area contributed by atoms with E-state index in [2.05, 4.69) is 11.4 Å². The third-order valence-corrected chi connectivity index (χ3v) is 4.88. The molecule has 2 aromatic rings. The minimum absolute atomic E-state index is 0.293. The molecule has 0 bridgehead atoms. The number of carbonyl (C=O) groups is 1. The molecule has 0 heterocycles. The third-order valence-electron chi connectivity index (χ3n) is 4.88. The fourth-order valence-electron chi connectivity index (χ4n) is 3.38. The Kier molecular flexibility index (Phi) is 8.07. The van der Waals surface area contributed by atoms with E-state index in [0.717, 1.165) is 34.4 Å². The summed E-state index contributed by atoms with van der Waals surface area (Å²) in [6.07, 6.45) is 0.812. The largest absolute Gasteiger partial charge is 0.456 e. The molecule has 0 aliphatic carbocycles. The van der Waals surface area contributed by atoms with E-state index in [1.807, 2.05) is 59.7 Å². The summed E-state index contributed by atoms with van der Waals surface area (Å²) in [5, 5.41) is 12.4. The van der Waals surface area contributed by atoms with Crippen LogP contribution in [-0.4, -0.2) is 24.7 Å². The summed E-state index contributed by atoms with van der Waals surface area (Å²) >= 11 is 0. The molecule has 2 rings (SSSR count). The Morgan fingerprint density at radius 1 is 1.16 bits per heavy atom. The molecule has 0 unspecified atom stereocenters. The predicted octanol–water partition coefficient (Wildman–Crippen LogP) is 5.04. The number of ether oxygens (including phenoxy) is 2. The molecule has 166 valence electrons. The van der Waals surface area contributed by atoms with E-state index in [4.69, 9.17) is 20.5 Å². The molecular weight excluding hydrogens is 390 g/mol. The van der Waals surface area contributed by atoms with Crippen molar-refractivity contribution in [3.05, 3.63) is 57.6 Å². The van der Waals surface area contributed by atoms with E-state index >= 15 is 0 Å². The number of benzene rings is 2. The summed E-state index contributed by atoms with van der Waals surface area (Å²) in [6.45, 7) is 13.1. The van der Waals surface area contributed by atoms with Crippen molar-refractivity contribution in [1.82, 2.24) is 0 Å². The van der Waals surface area contributed by atoms with E-state index in [1.165, 1.54) is 0 Å². The molecule has 0 saturated heterocycles. The summed E-state index contributed by atoms with van der Waals surface area (Å²) in [7, 11) is 0. The zero-order valence-electron chi connectivity index (χ0n) is 19.4. The van der Waals surface area contributed by atoms with Crippen LogP contribution in [0.5, 0.6) is 0 Å². The number of rotatable bonds is 8. The van der Waals surface area contributed by atoms with Crippen LogP contribution in [0.1, 0.15) is 65.4 Å². The van der Waals surface area contributed by atoms with Gasteiger partial charge in [0, 0.05) is 13.2 Å². The Morgan fingerprint density at radius 3 is 2.39 bits per heavy atom. The van der Waals surface area contributed by atoms with Gasteiger partial charge in [0.2, 0.25) is 0 Å². The molecule has 0 fully saturated rings. The summed E-state index contributed by atoms with van der Waals surface area (Å²) in [4.78, 5) is 12.5. The van der Waals surface area contributed by atoms with Crippen LogP contribution in [0, 0.1) is 32.1 Å². The number of esters is 1. The molecule has 0 aliphatic heterocycles. The number of nitrogen functional groups attached to an aromatic ring is 1. The van der Waals surface area contributed by atoms with Crippen LogP contribution in [0.15, 0.2) is 24.3 Å². The van der Waals surface area contributed by atoms with E-state index in [-0.39, 0.29) is 5.97 Å². The lowest BCUT2D eigenvalue weighted by atomic mass is 9.99. The average molecular weight is 424 g/mol. The van der Waals surface area contributed by atoms with Crippen molar-refractivity contribution in [2.24, 2.45) is 0 Å². The quantitative estimate of drug-likeness (QED) is 0.351. The second kappa shape index (κ2) is 10.3. The monoisotopic (exact) mass is 423 g/mol. The van der Waals surface area contributed by atoms with Gasteiger partial charge in [-0.25, -0.2) is 4.79 Å². The lowest BCUT2D eigenvalue weighted by molar-refractivity contribution is 0.00678. The van der Waals surface area contributed by atoms with Crippen molar-refractivity contribution in [3.8, 4) is 6.07 Å². The van der Waals surface area contributed by atoms with Crippen LogP contribution in [0.3, 0.4) is 0 Å². The van der Waals surface area contributed by atoms with Crippen molar-refractivity contribution in [2.45, 2.75) is 60.2 Å². The molecule has 2 aromatic carbocycles. The molecule has 0 spiro atoms. The first kappa shape index (κ1) is 24.2. The SMILES string of the molecule is Cc1cc(COCCCNc2ccc(C#N)c(C)c2N)cc(C)c1C(=O)OC(C)(C)C. The molecule has 6 heteroatoms. The Labute approximate surface area is 185 Å².